The molecular formula is C24H36N4O2+2. The van der Waals surface area contributed by atoms with Crippen LogP contribution in [0.25, 0.3) is 0 Å². The number of carbonyl (C=O) groups excluding carboxylic acids is 2. The molecule has 0 radical (unpaired) electrons. The maximum Gasteiger partial charge on any atom is 0.279 e. The number of quaternary nitrogens is 2. The first-order chi connectivity index (χ1) is 14.4. The zero-order valence-electron chi connectivity index (χ0n) is 18.8. The predicted molar refractivity (Wildman–Crippen MR) is 119 cm³/mol. The lowest BCUT2D eigenvalue weighted by molar-refractivity contribution is -1.00. The van der Waals surface area contributed by atoms with E-state index in [9.17, 15) is 9.59 Å². The quantitative estimate of drug-likeness (QED) is 0.546. The number of hydrogen-bond donors (Lipinski definition) is 3. The second-order valence-electron chi connectivity index (χ2n) is 8.36. The number of para-hydroxylation sites is 1. The highest BCUT2D eigenvalue weighted by atomic mass is 16.2. The molecule has 0 bridgehead atoms. The molecule has 6 nitrogen and oxygen atoms in total. The van der Waals surface area contributed by atoms with Gasteiger partial charge >= 0.3 is 0 Å². The molecule has 3 rings (SSSR count). The number of amides is 1. The fourth-order valence-corrected chi connectivity index (χ4v) is 4.57. The van der Waals surface area contributed by atoms with Gasteiger partial charge in [0.15, 0.2) is 6.54 Å². The number of benzene rings is 1. The highest BCUT2D eigenvalue weighted by Crippen LogP contribution is 2.15. The van der Waals surface area contributed by atoms with Crippen LogP contribution in [0.3, 0.4) is 0 Å². The number of nitrogens with one attached hydrogen (secondary N) is 3. The smallest absolute Gasteiger partial charge is 0.279 e. The van der Waals surface area contributed by atoms with Gasteiger partial charge in [-0.25, -0.2) is 0 Å². The van der Waals surface area contributed by atoms with E-state index >= 15 is 0 Å². The third kappa shape index (κ3) is 5.18. The monoisotopic (exact) mass is 412 g/mol. The maximum atomic E-state index is 12.8. The minimum Gasteiger partial charge on any atom is -0.349 e. The highest BCUT2D eigenvalue weighted by molar-refractivity contribution is 5.98. The second-order valence-corrected chi connectivity index (χ2v) is 8.36. The molecule has 1 aliphatic rings. The number of aromatic nitrogens is 1. The van der Waals surface area contributed by atoms with E-state index in [0.717, 1.165) is 67.3 Å². The van der Waals surface area contributed by atoms with E-state index in [4.69, 9.17) is 0 Å². The molecule has 2 aromatic rings. The summed E-state index contributed by atoms with van der Waals surface area (Å²) in [5, 5.41) is 3.07. The van der Waals surface area contributed by atoms with Gasteiger partial charge in [-0.1, -0.05) is 25.1 Å². The summed E-state index contributed by atoms with van der Waals surface area (Å²) < 4.78 is 2.19. The van der Waals surface area contributed by atoms with E-state index in [1.807, 2.05) is 31.2 Å². The molecule has 0 spiro atoms. The van der Waals surface area contributed by atoms with Crippen molar-refractivity contribution >= 4 is 17.4 Å². The van der Waals surface area contributed by atoms with Gasteiger partial charge in [0.05, 0.1) is 0 Å². The fraction of sp³-hybridized carbons (Fsp3) is 0.500. The summed E-state index contributed by atoms with van der Waals surface area (Å²) in [5.41, 5.74) is 5.18. The molecule has 162 valence electrons. The third-order valence-corrected chi connectivity index (χ3v) is 6.35. The van der Waals surface area contributed by atoms with Crippen LogP contribution in [0.5, 0.6) is 0 Å². The molecule has 30 heavy (non-hydrogen) atoms. The molecule has 6 heteroatoms. The number of rotatable bonds is 8. The molecule has 0 atom stereocenters. The van der Waals surface area contributed by atoms with Crippen molar-refractivity contribution in [2.75, 3.05) is 44.6 Å². The lowest BCUT2D eigenvalue weighted by Crippen LogP contribution is -3.28. The summed E-state index contributed by atoms with van der Waals surface area (Å²) in [4.78, 5) is 27.9. The molecule has 3 N–H and O–H groups in total. The van der Waals surface area contributed by atoms with Crippen LogP contribution >= 0.6 is 0 Å². The standard InChI is InChI=1S/C24H34N4O2/c1-5-20-9-7-8-10-22(20)25-24(30)17-27-13-11-26(12-14-27)16-23(29)21-15-18(3)28(6-2)19(21)4/h7-10,15H,5-6,11-14,16-17H2,1-4H3,(H,25,30)/p+2. The summed E-state index contributed by atoms with van der Waals surface area (Å²) in [6.45, 7) is 13.9. The predicted octanol–water partition coefficient (Wildman–Crippen LogP) is 0.292. The first kappa shape index (κ1) is 22.2. The van der Waals surface area contributed by atoms with Crippen molar-refractivity contribution in [1.29, 1.82) is 0 Å². The van der Waals surface area contributed by atoms with Gasteiger partial charge in [0, 0.05) is 29.2 Å². The van der Waals surface area contributed by atoms with Gasteiger partial charge in [-0.15, -0.1) is 0 Å². The molecule has 0 aliphatic carbocycles. The third-order valence-electron chi connectivity index (χ3n) is 6.35. The highest BCUT2D eigenvalue weighted by Gasteiger charge is 2.27. The molecule has 1 saturated heterocycles. The fourth-order valence-electron chi connectivity index (χ4n) is 4.57. The van der Waals surface area contributed by atoms with Crippen molar-refractivity contribution in [3.05, 3.63) is 52.8 Å². The minimum atomic E-state index is 0.0671. The number of Topliss-reactive ketones (excluding diaryl/α,β-unsaturated/α-hetero) is 1. The molecule has 2 heterocycles. The Kier molecular flexibility index (Phi) is 7.45. The number of nitrogens with zero attached hydrogens (tertiary/aromatic N) is 1. The van der Waals surface area contributed by atoms with Crippen LogP contribution in [-0.4, -0.2) is 55.5 Å². The Balaban J connectivity index is 1.48. The first-order valence-electron chi connectivity index (χ1n) is 11.2. The molecule has 1 aromatic carbocycles. The average molecular weight is 413 g/mol. The van der Waals surface area contributed by atoms with Gasteiger partial charge < -0.3 is 19.7 Å². The van der Waals surface area contributed by atoms with Crippen molar-refractivity contribution in [3.63, 3.8) is 0 Å². The van der Waals surface area contributed by atoms with Gasteiger partial charge in [0.25, 0.3) is 5.91 Å². The van der Waals surface area contributed by atoms with Crippen molar-refractivity contribution in [1.82, 2.24) is 4.57 Å². The van der Waals surface area contributed by atoms with Gasteiger partial charge in [0.1, 0.15) is 32.7 Å². The zero-order valence-corrected chi connectivity index (χ0v) is 18.8. The summed E-state index contributed by atoms with van der Waals surface area (Å²) in [6.07, 6.45) is 0.903. The number of aryl methyl sites for hydroxylation is 2. The van der Waals surface area contributed by atoms with Crippen molar-refractivity contribution < 1.29 is 19.4 Å². The van der Waals surface area contributed by atoms with Gasteiger partial charge in [-0.3, -0.25) is 9.59 Å². The summed E-state index contributed by atoms with van der Waals surface area (Å²) in [6, 6.07) is 10.0. The topological polar surface area (TPSA) is 60.0 Å². The number of carbonyl (C=O) groups is 2. The summed E-state index contributed by atoms with van der Waals surface area (Å²) in [5.74, 6) is 0.299. The average Bonchev–Trinajstić information content (AvgIpc) is 3.03. The molecule has 1 aliphatic heterocycles. The SMILES string of the molecule is CCc1ccccc1NC(=O)C[NH+]1CC[NH+](CC(=O)c2cc(C)n(CC)c2C)CC1. The van der Waals surface area contributed by atoms with Crippen LogP contribution in [-0.2, 0) is 17.8 Å². The Morgan fingerprint density at radius 2 is 1.63 bits per heavy atom. The Hall–Kier alpha value is -2.44. The van der Waals surface area contributed by atoms with Gasteiger partial charge in [-0.05, 0) is 44.9 Å². The number of anilines is 1. The Morgan fingerprint density at radius 1 is 1.00 bits per heavy atom. The Labute approximate surface area is 179 Å². The van der Waals surface area contributed by atoms with E-state index in [1.165, 1.54) is 9.80 Å². The zero-order chi connectivity index (χ0) is 21.7. The van der Waals surface area contributed by atoms with Crippen LogP contribution in [0.1, 0.15) is 41.2 Å². The largest absolute Gasteiger partial charge is 0.349 e. The molecule has 1 aromatic heterocycles. The van der Waals surface area contributed by atoms with Gasteiger partial charge in [-0.2, -0.15) is 0 Å². The Bertz CT molecular complexity index is 895. The van der Waals surface area contributed by atoms with E-state index in [1.54, 1.807) is 0 Å². The van der Waals surface area contributed by atoms with Crippen LogP contribution in [0.15, 0.2) is 30.3 Å². The van der Waals surface area contributed by atoms with Crippen LogP contribution in [0, 0.1) is 13.8 Å². The second kappa shape index (κ2) is 10.0. The normalized spacial score (nSPS) is 18.9. The number of ketones is 1. The summed E-state index contributed by atoms with van der Waals surface area (Å²) in [7, 11) is 0. The molecule has 1 fully saturated rings. The molecule has 1 amide bonds. The van der Waals surface area contributed by atoms with Crippen LogP contribution in [0.4, 0.5) is 5.69 Å². The lowest BCUT2D eigenvalue weighted by atomic mass is 10.1. The molecule has 0 unspecified atom stereocenters. The van der Waals surface area contributed by atoms with Crippen molar-refractivity contribution in [3.8, 4) is 0 Å². The maximum absolute atomic E-state index is 12.8. The lowest BCUT2D eigenvalue weighted by Gasteiger charge is -2.29. The molecular weight excluding hydrogens is 376 g/mol. The van der Waals surface area contributed by atoms with E-state index in [0.29, 0.717) is 13.1 Å². The van der Waals surface area contributed by atoms with E-state index in [2.05, 4.69) is 36.7 Å². The van der Waals surface area contributed by atoms with Crippen LogP contribution in [0.2, 0.25) is 0 Å². The minimum absolute atomic E-state index is 0.0671. The number of hydrogen-bond acceptors (Lipinski definition) is 2. The van der Waals surface area contributed by atoms with Crippen molar-refractivity contribution in [2.24, 2.45) is 0 Å². The van der Waals surface area contributed by atoms with E-state index in [-0.39, 0.29) is 11.7 Å². The Morgan fingerprint density at radius 3 is 2.23 bits per heavy atom. The molecule has 0 saturated carbocycles. The number of piperazine rings is 1. The van der Waals surface area contributed by atoms with Crippen LogP contribution < -0.4 is 15.1 Å². The van der Waals surface area contributed by atoms with Gasteiger partial charge in [0.2, 0.25) is 5.78 Å². The first-order valence-corrected chi connectivity index (χ1v) is 11.2. The van der Waals surface area contributed by atoms with Crippen molar-refractivity contribution in [2.45, 2.75) is 40.7 Å². The van der Waals surface area contributed by atoms with E-state index < -0.39 is 0 Å². The summed E-state index contributed by atoms with van der Waals surface area (Å²) >= 11 is 0.